The number of carbonyl (C=O) groups is 2. The van der Waals surface area contributed by atoms with Crippen molar-refractivity contribution < 1.29 is 28.3 Å². The fourth-order valence-electron chi connectivity index (χ4n) is 9.04. The number of benzene rings is 3. The summed E-state index contributed by atoms with van der Waals surface area (Å²) in [6, 6.07) is 17.4. The molecule has 10 rings (SSSR count). The average Bonchev–Trinajstić information content (AvgIpc) is 3.95. The van der Waals surface area contributed by atoms with Crippen molar-refractivity contribution in [2.45, 2.75) is 64.3 Å². The zero-order valence-electron chi connectivity index (χ0n) is 30.7. The van der Waals surface area contributed by atoms with Gasteiger partial charge in [-0.2, -0.15) is 4.98 Å². The van der Waals surface area contributed by atoms with E-state index >= 15 is 0 Å². The van der Waals surface area contributed by atoms with Gasteiger partial charge in [0.1, 0.15) is 28.5 Å². The average molecular weight is 779 g/mol. The number of aryl methyl sites for hydroxylation is 1. The Morgan fingerprint density at radius 3 is 2.58 bits per heavy atom. The Bertz CT molecular complexity index is 2640. The number of anilines is 1. The zero-order valence-corrected chi connectivity index (χ0v) is 32.2. The van der Waals surface area contributed by atoms with Gasteiger partial charge in [0.05, 0.1) is 11.1 Å². The van der Waals surface area contributed by atoms with Gasteiger partial charge in [0.2, 0.25) is 11.8 Å². The Morgan fingerprint density at radius 2 is 1.80 bits per heavy atom. The van der Waals surface area contributed by atoms with E-state index in [1.807, 2.05) is 61.9 Å². The van der Waals surface area contributed by atoms with E-state index in [2.05, 4.69) is 28.8 Å². The van der Waals surface area contributed by atoms with E-state index in [-0.39, 0.29) is 53.3 Å². The highest BCUT2D eigenvalue weighted by atomic mass is 35.5. The van der Waals surface area contributed by atoms with Crippen molar-refractivity contribution >= 4 is 51.5 Å². The van der Waals surface area contributed by atoms with Crippen LogP contribution in [0.25, 0.3) is 44.9 Å². The number of hydrogen-bond acceptors (Lipinski definition) is 9. The number of hydrogen-bond donors (Lipinski definition) is 3. The highest BCUT2D eigenvalue weighted by molar-refractivity contribution is 6.38. The lowest BCUT2D eigenvalue weighted by atomic mass is 9.72. The second kappa shape index (κ2) is 11.9. The number of aromatic nitrogens is 3. The third-order valence-electron chi connectivity index (χ3n) is 11.8. The maximum absolute atomic E-state index is 14.3. The topological polar surface area (TPSA) is 145 Å². The summed E-state index contributed by atoms with van der Waals surface area (Å²) in [7, 11) is 1.90. The van der Waals surface area contributed by atoms with Crippen molar-refractivity contribution in [2.75, 3.05) is 5.32 Å². The monoisotopic (exact) mass is 777 g/mol. The lowest BCUT2D eigenvalue weighted by molar-refractivity contribution is -0.135. The highest BCUT2D eigenvalue weighted by Gasteiger charge is 2.62. The molecule has 4 aliphatic rings. The molecule has 3 aromatic carbocycles. The number of aliphatic hydroxyl groups is 1. The minimum Gasteiger partial charge on any atom is -0.469 e. The van der Waals surface area contributed by atoms with Gasteiger partial charge in [-0.25, -0.2) is 4.98 Å². The molecule has 280 valence electrons. The second-order valence-corrected chi connectivity index (χ2v) is 16.5. The van der Waals surface area contributed by atoms with E-state index in [0.717, 1.165) is 44.4 Å². The molecule has 0 saturated heterocycles. The molecule has 7 heterocycles. The van der Waals surface area contributed by atoms with Gasteiger partial charge in [-0.15, -0.1) is 0 Å². The van der Waals surface area contributed by atoms with Crippen LogP contribution < -0.4 is 15.4 Å². The summed E-state index contributed by atoms with van der Waals surface area (Å²) in [6.45, 7) is 7.49. The number of amides is 1. The number of oxazole rings is 2. The van der Waals surface area contributed by atoms with E-state index < -0.39 is 29.7 Å². The van der Waals surface area contributed by atoms with Gasteiger partial charge in [0.25, 0.3) is 5.89 Å². The van der Waals surface area contributed by atoms with Crippen LogP contribution in [0, 0.1) is 17.8 Å². The number of aliphatic hydroxyl groups excluding tert-OH is 1. The summed E-state index contributed by atoms with van der Waals surface area (Å²) in [5.41, 5.74) is 5.85. The molecule has 4 aliphatic heterocycles. The van der Waals surface area contributed by atoms with Gasteiger partial charge in [0.15, 0.2) is 34.4 Å². The number of nitrogens with one attached hydrogen (secondary N) is 2. The lowest BCUT2D eigenvalue weighted by Gasteiger charge is -2.28. The van der Waals surface area contributed by atoms with Gasteiger partial charge in [-0.1, -0.05) is 93.4 Å². The molecule has 0 radical (unpaired) electrons. The number of para-hydroxylation sites is 1. The Hall–Kier alpha value is -5.10. The van der Waals surface area contributed by atoms with E-state index in [1.54, 1.807) is 13.8 Å². The first-order valence-corrected chi connectivity index (χ1v) is 19.3. The van der Waals surface area contributed by atoms with Gasteiger partial charge < -0.3 is 33.9 Å². The van der Waals surface area contributed by atoms with Crippen molar-refractivity contribution in [2.24, 2.45) is 24.8 Å². The molecular formula is C42H37Cl2N5O6. The smallest absolute Gasteiger partial charge is 0.250 e. The number of nitrogens with zero attached hydrogens (tertiary/aromatic N) is 3. The summed E-state index contributed by atoms with van der Waals surface area (Å²) in [4.78, 5) is 37.5. The van der Waals surface area contributed by atoms with Gasteiger partial charge >= 0.3 is 0 Å². The summed E-state index contributed by atoms with van der Waals surface area (Å²) < 4.78 is 22.4. The molecule has 10 bridgehead atoms. The van der Waals surface area contributed by atoms with Crippen molar-refractivity contribution in [1.82, 2.24) is 19.9 Å². The van der Waals surface area contributed by atoms with Crippen LogP contribution in [-0.2, 0) is 28.5 Å². The van der Waals surface area contributed by atoms with Crippen molar-refractivity contribution in [1.29, 1.82) is 0 Å². The normalized spacial score (nSPS) is 22.1. The maximum Gasteiger partial charge on any atom is 0.250 e. The zero-order chi connectivity index (χ0) is 38.2. The Labute approximate surface area is 326 Å². The van der Waals surface area contributed by atoms with Crippen molar-refractivity contribution in [3.63, 3.8) is 0 Å². The molecule has 5 unspecified atom stereocenters. The van der Waals surface area contributed by atoms with Crippen LogP contribution >= 0.6 is 23.2 Å². The molecule has 0 fully saturated rings. The number of fused-ring (bicyclic) bond motifs is 7. The first-order chi connectivity index (χ1) is 26.4. The largest absolute Gasteiger partial charge is 0.469 e. The predicted molar refractivity (Wildman–Crippen MR) is 207 cm³/mol. The summed E-state index contributed by atoms with van der Waals surface area (Å²) in [5, 5.41) is 19.0. The number of ether oxygens (including phenoxy) is 1. The standard InChI is InChI=1S/C42H37Cl2N5O6/c1-17(2)30-39-46-32-35(55-39)42-23-10-6-9-22(21-8-7-11-25-28(21)29(37(44)49(25)5)34-36(43)48-40(32)54-34)31(23)47-41(42)53-27-13-12-19(15-24(27)42)14-20(38(52)45-30)16-26(50)33(51)18(3)4/h6-13,15,17-18,20,30,33,41,47,51H,14,16H2,1-5H3,(H,45,52). The second-order valence-electron chi connectivity index (χ2n) is 15.8. The molecule has 3 aromatic heterocycles. The van der Waals surface area contributed by atoms with E-state index in [0.29, 0.717) is 33.7 Å². The van der Waals surface area contributed by atoms with Crippen molar-refractivity contribution in [3.8, 4) is 39.8 Å². The molecule has 0 aliphatic carbocycles. The van der Waals surface area contributed by atoms with E-state index in [9.17, 15) is 14.7 Å². The van der Waals surface area contributed by atoms with Crippen LogP contribution in [0.3, 0.4) is 0 Å². The van der Waals surface area contributed by atoms with Crippen LogP contribution in [0.5, 0.6) is 5.75 Å². The van der Waals surface area contributed by atoms with Gasteiger partial charge in [-0.3, -0.25) is 9.59 Å². The minimum absolute atomic E-state index is 0.106. The van der Waals surface area contributed by atoms with E-state index in [1.165, 1.54) is 0 Å². The molecule has 13 heteroatoms. The molecular weight excluding hydrogens is 741 g/mol. The maximum atomic E-state index is 14.3. The van der Waals surface area contributed by atoms with Crippen LogP contribution in [0.15, 0.2) is 63.4 Å². The van der Waals surface area contributed by atoms with Crippen LogP contribution in [0.1, 0.15) is 68.5 Å². The van der Waals surface area contributed by atoms with Gasteiger partial charge in [0, 0.05) is 47.2 Å². The molecule has 6 aromatic rings. The molecule has 55 heavy (non-hydrogen) atoms. The molecule has 1 amide bonds. The lowest BCUT2D eigenvalue weighted by Crippen LogP contribution is -2.41. The molecule has 5 atom stereocenters. The first-order valence-electron chi connectivity index (χ1n) is 18.5. The number of ketones is 1. The minimum atomic E-state index is -1.19. The molecule has 3 N–H and O–H groups in total. The van der Waals surface area contributed by atoms with Gasteiger partial charge in [-0.05, 0) is 41.5 Å². The number of rotatable bonds is 5. The summed E-state index contributed by atoms with van der Waals surface area (Å²) in [5.74, 6) is -0.308. The third kappa shape index (κ3) is 4.66. The predicted octanol–water partition coefficient (Wildman–Crippen LogP) is 8.22. The molecule has 11 nitrogen and oxygen atoms in total. The van der Waals surface area contributed by atoms with E-state index in [4.69, 9.17) is 46.7 Å². The Kier molecular flexibility index (Phi) is 7.47. The first kappa shape index (κ1) is 34.4. The number of Topliss-reactive ketones (excluding diaryl/α,β-unsaturated/α-hetero) is 1. The number of carbonyl (C=O) groups excluding carboxylic acids is 2. The summed E-state index contributed by atoms with van der Waals surface area (Å²) in [6.07, 6.45) is -1.77. The number of halogens is 2. The SMILES string of the molecule is CC(C)C(O)C(=O)CC1Cc2ccc3c(c2)C24c5cccc(c5NC2O3)-c2cccc3c2c(c(Cl)n3C)-c2oc(nc2Cl)-c2nc(oc24)C(C(C)C)NC1=O. The summed E-state index contributed by atoms with van der Waals surface area (Å²) >= 11 is 14.1. The van der Waals surface area contributed by atoms with Crippen LogP contribution in [-0.4, -0.2) is 43.7 Å². The molecule has 1 spiro atoms. The quantitative estimate of drug-likeness (QED) is 0.158. The third-order valence-corrected chi connectivity index (χ3v) is 12.5. The van der Waals surface area contributed by atoms with Crippen LogP contribution in [0.4, 0.5) is 5.69 Å². The fraction of sp³-hybridized carbons (Fsp3) is 0.333. The Balaban J connectivity index is 1.30. The fourth-order valence-corrected chi connectivity index (χ4v) is 9.52. The highest BCUT2D eigenvalue weighted by Crippen LogP contribution is 2.62. The van der Waals surface area contributed by atoms with Crippen molar-refractivity contribution in [3.05, 3.63) is 93.2 Å². The Morgan fingerprint density at radius 1 is 1.02 bits per heavy atom. The van der Waals surface area contributed by atoms with Crippen LogP contribution in [0.2, 0.25) is 10.3 Å². The molecule has 0 saturated carbocycles.